The molecule has 9 nitrogen and oxygen atoms in total. The van der Waals surface area contributed by atoms with Crippen LogP contribution < -0.4 is 15.4 Å². The third-order valence-electron chi connectivity index (χ3n) is 5.82. The van der Waals surface area contributed by atoms with Gasteiger partial charge in [-0.1, -0.05) is 12.1 Å². The van der Waals surface area contributed by atoms with Gasteiger partial charge in [0.15, 0.2) is 0 Å². The number of carbonyl (C=O) groups is 3. The van der Waals surface area contributed by atoms with E-state index in [4.69, 9.17) is 4.74 Å². The summed E-state index contributed by atoms with van der Waals surface area (Å²) in [6.07, 6.45) is 3.11. The van der Waals surface area contributed by atoms with Crippen molar-refractivity contribution in [3.63, 3.8) is 0 Å². The fourth-order valence-corrected chi connectivity index (χ4v) is 4.27. The summed E-state index contributed by atoms with van der Waals surface area (Å²) in [7, 11) is 1.54. The molecule has 2 fully saturated rings. The van der Waals surface area contributed by atoms with Gasteiger partial charge in [-0.25, -0.2) is 4.79 Å². The number of imide groups is 1. The standard InChI is InChI=1S/C23H27N5O4/c1-15-8-9-19(32-2)17(12-15)26-20(29)14-27-18-7-5-11-25-21(18)22(30)28(23(27)31)13-16-6-3-4-10-24-16/h3-4,6,8-10,12,18,21,25H,5,7,11,13-14H2,1-2H3,(H,26,29). The summed E-state index contributed by atoms with van der Waals surface area (Å²) < 4.78 is 5.33. The van der Waals surface area contributed by atoms with Crippen LogP contribution in [0.2, 0.25) is 0 Å². The first-order chi connectivity index (χ1) is 15.5. The highest BCUT2D eigenvalue weighted by Gasteiger charge is 2.47. The molecule has 2 aliphatic rings. The van der Waals surface area contributed by atoms with E-state index in [9.17, 15) is 14.4 Å². The summed E-state index contributed by atoms with van der Waals surface area (Å²) in [5.74, 6) is -0.0841. The van der Waals surface area contributed by atoms with Gasteiger partial charge < -0.3 is 20.3 Å². The molecular weight excluding hydrogens is 410 g/mol. The first-order valence-corrected chi connectivity index (χ1v) is 10.7. The Bertz CT molecular complexity index is 1010. The second kappa shape index (κ2) is 9.35. The fraction of sp³-hybridized carbons (Fsp3) is 0.391. The number of pyridine rings is 1. The number of nitrogens with one attached hydrogen (secondary N) is 2. The topological polar surface area (TPSA) is 104 Å². The van der Waals surface area contributed by atoms with Crippen molar-refractivity contribution in [1.29, 1.82) is 0 Å². The van der Waals surface area contributed by atoms with Crippen molar-refractivity contribution >= 4 is 23.5 Å². The third-order valence-corrected chi connectivity index (χ3v) is 5.82. The number of hydrogen-bond acceptors (Lipinski definition) is 6. The predicted octanol–water partition coefficient (Wildman–Crippen LogP) is 1.92. The number of nitrogens with zero attached hydrogens (tertiary/aromatic N) is 3. The maximum atomic E-state index is 13.3. The number of rotatable bonds is 6. The second-order valence-corrected chi connectivity index (χ2v) is 8.05. The minimum atomic E-state index is -0.536. The molecule has 0 spiro atoms. The highest BCUT2D eigenvalue weighted by molar-refractivity contribution is 6.03. The molecular formula is C23H27N5O4. The van der Waals surface area contributed by atoms with E-state index in [1.807, 2.05) is 25.1 Å². The molecule has 2 unspecified atom stereocenters. The van der Waals surface area contributed by atoms with Gasteiger partial charge in [-0.3, -0.25) is 19.5 Å². The van der Waals surface area contributed by atoms with Crippen molar-refractivity contribution in [3.05, 3.63) is 53.9 Å². The molecule has 2 aliphatic heterocycles. The SMILES string of the molecule is COc1ccc(C)cc1NC(=O)CN1C(=O)N(Cc2ccccn2)C(=O)C2NCCCC21. The third kappa shape index (κ3) is 4.43. The van der Waals surface area contributed by atoms with Gasteiger partial charge in [0.2, 0.25) is 11.8 Å². The van der Waals surface area contributed by atoms with Crippen LogP contribution in [-0.4, -0.2) is 64.9 Å². The number of aromatic nitrogens is 1. The number of aryl methyl sites for hydroxylation is 1. The van der Waals surface area contributed by atoms with Gasteiger partial charge in [0.05, 0.1) is 31.1 Å². The lowest BCUT2D eigenvalue weighted by molar-refractivity contribution is -0.138. The Hall–Kier alpha value is -3.46. The van der Waals surface area contributed by atoms with E-state index in [1.54, 1.807) is 24.4 Å². The molecule has 0 aliphatic carbocycles. The number of anilines is 1. The van der Waals surface area contributed by atoms with Gasteiger partial charge in [0, 0.05) is 6.20 Å². The molecule has 4 rings (SSSR count). The zero-order valence-corrected chi connectivity index (χ0v) is 18.2. The van der Waals surface area contributed by atoms with E-state index >= 15 is 0 Å². The van der Waals surface area contributed by atoms with E-state index in [-0.39, 0.29) is 30.9 Å². The molecule has 2 aromatic rings. The van der Waals surface area contributed by atoms with E-state index < -0.39 is 12.1 Å². The van der Waals surface area contributed by atoms with Gasteiger partial charge >= 0.3 is 6.03 Å². The normalized spacial score (nSPS) is 20.7. The molecule has 0 radical (unpaired) electrons. The van der Waals surface area contributed by atoms with Crippen LogP contribution in [0.3, 0.4) is 0 Å². The monoisotopic (exact) mass is 437 g/mol. The van der Waals surface area contributed by atoms with E-state index in [0.717, 1.165) is 12.0 Å². The average molecular weight is 438 g/mol. The number of benzene rings is 1. The summed E-state index contributed by atoms with van der Waals surface area (Å²) in [6.45, 7) is 2.51. The van der Waals surface area contributed by atoms with E-state index in [1.165, 1.54) is 16.9 Å². The summed E-state index contributed by atoms with van der Waals surface area (Å²) in [4.78, 5) is 46.3. The van der Waals surface area contributed by atoms with E-state index in [0.29, 0.717) is 30.1 Å². The largest absolute Gasteiger partial charge is 0.495 e. The molecule has 168 valence electrons. The van der Waals surface area contributed by atoms with Crippen LogP contribution in [0, 0.1) is 6.92 Å². The van der Waals surface area contributed by atoms with Gasteiger partial charge in [-0.2, -0.15) is 0 Å². The molecule has 2 N–H and O–H groups in total. The Balaban J connectivity index is 1.55. The first-order valence-electron chi connectivity index (χ1n) is 10.7. The van der Waals surface area contributed by atoms with Crippen LogP contribution in [0.5, 0.6) is 5.75 Å². The Morgan fingerprint density at radius 3 is 2.88 bits per heavy atom. The Morgan fingerprint density at radius 2 is 2.12 bits per heavy atom. The van der Waals surface area contributed by atoms with Crippen LogP contribution in [0.15, 0.2) is 42.6 Å². The molecule has 4 amide bonds. The number of ether oxygens (including phenoxy) is 1. The highest BCUT2D eigenvalue weighted by Crippen LogP contribution is 2.27. The zero-order chi connectivity index (χ0) is 22.7. The molecule has 2 atom stereocenters. The minimum Gasteiger partial charge on any atom is -0.495 e. The predicted molar refractivity (Wildman–Crippen MR) is 118 cm³/mol. The first kappa shape index (κ1) is 21.8. The quantitative estimate of drug-likeness (QED) is 0.716. The summed E-state index contributed by atoms with van der Waals surface area (Å²) in [5.41, 5.74) is 2.12. The lowest BCUT2D eigenvalue weighted by Crippen LogP contribution is -2.70. The van der Waals surface area contributed by atoms with Crippen molar-refractivity contribution in [2.45, 2.75) is 38.4 Å². The smallest absolute Gasteiger partial charge is 0.327 e. The van der Waals surface area contributed by atoms with E-state index in [2.05, 4.69) is 15.6 Å². The van der Waals surface area contributed by atoms with Gasteiger partial charge in [-0.05, 0) is 56.1 Å². The minimum absolute atomic E-state index is 0.0627. The van der Waals surface area contributed by atoms with Crippen molar-refractivity contribution in [2.24, 2.45) is 0 Å². The Labute approximate surface area is 186 Å². The number of carbonyl (C=O) groups excluding carboxylic acids is 3. The van der Waals surface area contributed by atoms with Crippen LogP contribution in [0.25, 0.3) is 0 Å². The molecule has 9 heteroatoms. The lowest BCUT2D eigenvalue weighted by atomic mass is 9.93. The molecule has 1 aromatic carbocycles. The van der Waals surface area contributed by atoms with Gasteiger partial charge in [0.25, 0.3) is 0 Å². The maximum Gasteiger partial charge on any atom is 0.327 e. The van der Waals surface area contributed by atoms with Gasteiger partial charge in [-0.15, -0.1) is 0 Å². The van der Waals surface area contributed by atoms with Crippen molar-refractivity contribution in [1.82, 2.24) is 20.1 Å². The fourth-order valence-electron chi connectivity index (χ4n) is 4.27. The van der Waals surface area contributed by atoms with Crippen molar-refractivity contribution in [3.8, 4) is 5.75 Å². The summed E-state index contributed by atoms with van der Waals surface area (Å²) >= 11 is 0. The maximum absolute atomic E-state index is 13.3. The Morgan fingerprint density at radius 1 is 1.28 bits per heavy atom. The number of piperidine rings is 1. The molecule has 32 heavy (non-hydrogen) atoms. The summed E-state index contributed by atoms with van der Waals surface area (Å²) in [6, 6.07) is 9.46. The molecule has 0 bridgehead atoms. The number of fused-ring (bicyclic) bond motifs is 1. The van der Waals surface area contributed by atoms with Crippen LogP contribution in [0.4, 0.5) is 10.5 Å². The molecule has 1 aromatic heterocycles. The zero-order valence-electron chi connectivity index (χ0n) is 18.2. The van der Waals surface area contributed by atoms with Crippen LogP contribution >= 0.6 is 0 Å². The average Bonchev–Trinajstić information content (AvgIpc) is 2.80. The van der Waals surface area contributed by atoms with Gasteiger partial charge in [0.1, 0.15) is 18.3 Å². The summed E-state index contributed by atoms with van der Waals surface area (Å²) in [5, 5.41) is 6.08. The van der Waals surface area contributed by atoms with Crippen molar-refractivity contribution < 1.29 is 19.1 Å². The second-order valence-electron chi connectivity index (χ2n) is 8.05. The van der Waals surface area contributed by atoms with Crippen LogP contribution in [0.1, 0.15) is 24.1 Å². The molecule has 3 heterocycles. The Kier molecular flexibility index (Phi) is 6.36. The number of hydrogen-bond donors (Lipinski definition) is 2. The molecule has 0 saturated carbocycles. The van der Waals surface area contributed by atoms with Crippen molar-refractivity contribution in [2.75, 3.05) is 25.5 Å². The highest BCUT2D eigenvalue weighted by atomic mass is 16.5. The lowest BCUT2D eigenvalue weighted by Gasteiger charge is -2.46. The molecule has 2 saturated heterocycles. The van der Waals surface area contributed by atoms with Crippen LogP contribution in [-0.2, 0) is 16.1 Å². The number of amides is 4. The number of methoxy groups -OCH3 is 1. The number of urea groups is 1.